The SMILES string of the molecule is Clc1ccc([Se](Br)(Br)Br)cc1.Clc1ccc([Se](Br)(Br)Br)cc1. The average Bonchev–Trinajstić information content (AvgIpc) is 2.38. The maximum atomic E-state index is 5.73. The zero-order chi connectivity index (χ0) is 17.0. The predicted molar refractivity (Wildman–Crippen MR) is 127 cm³/mol. The van der Waals surface area contributed by atoms with Crippen molar-refractivity contribution in [1.29, 1.82) is 0 Å². The van der Waals surface area contributed by atoms with Crippen molar-refractivity contribution >= 4 is 132 Å². The van der Waals surface area contributed by atoms with Gasteiger partial charge in [-0.3, -0.25) is 0 Å². The quantitative estimate of drug-likeness (QED) is 0.278. The molecule has 0 aliphatic carbocycles. The van der Waals surface area contributed by atoms with Crippen LogP contribution in [0, 0.1) is 0 Å². The standard InChI is InChI=1S/2C6H4Br3ClSe/c2*7-11(8,9)6-3-1-5(10)2-4-6/h2*1-4H. The summed E-state index contributed by atoms with van der Waals surface area (Å²) in [5.74, 6) is 0. The van der Waals surface area contributed by atoms with Crippen molar-refractivity contribution in [3.05, 3.63) is 58.6 Å². The first-order chi connectivity index (χ1) is 10.00. The zero-order valence-corrected chi connectivity index (χ0v) is 24.9. The van der Waals surface area contributed by atoms with E-state index in [0.29, 0.717) is 0 Å². The molecular weight excluding hydrogens is 852 g/mol. The van der Waals surface area contributed by atoms with Crippen LogP contribution in [0.15, 0.2) is 48.5 Å². The summed E-state index contributed by atoms with van der Waals surface area (Å²) in [5, 5.41) is 1.53. The average molecular weight is 860 g/mol. The van der Waals surface area contributed by atoms with Crippen LogP contribution in [0.3, 0.4) is 0 Å². The van der Waals surface area contributed by atoms with Crippen LogP contribution >= 0.6 is 108 Å². The van der Waals surface area contributed by atoms with Gasteiger partial charge in [0.05, 0.1) is 0 Å². The molecular formula is C12H8Br6Cl2Se2. The Kier molecular flexibility index (Phi) is 10.8. The van der Waals surface area contributed by atoms with Crippen molar-refractivity contribution in [3.8, 4) is 0 Å². The Labute approximate surface area is 187 Å². The van der Waals surface area contributed by atoms with Crippen molar-refractivity contribution in [2.75, 3.05) is 0 Å². The molecule has 10 heteroatoms. The summed E-state index contributed by atoms with van der Waals surface area (Å²) < 4.78 is 2.45. The summed E-state index contributed by atoms with van der Waals surface area (Å²) in [7, 11) is -3.69. The first-order valence-electron chi connectivity index (χ1n) is 5.35. The zero-order valence-electron chi connectivity index (χ0n) is 10.5. The van der Waals surface area contributed by atoms with Gasteiger partial charge in [0.2, 0.25) is 0 Å². The van der Waals surface area contributed by atoms with Crippen LogP contribution in [0.4, 0.5) is 0 Å². The molecule has 22 heavy (non-hydrogen) atoms. The molecule has 0 nitrogen and oxygen atoms in total. The third kappa shape index (κ3) is 9.04. The summed E-state index contributed by atoms with van der Waals surface area (Å²) in [6, 6.07) is 15.5. The Balaban J connectivity index is 0.000000220. The second-order valence-electron chi connectivity index (χ2n) is 3.72. The minimum absolute atomic E-state index is 0.766. The van der Waals surface area contributed by atoms with E-state index in [4.69, 9.17) is 23.2 Å². The minimum atomic E-state index is -1.85. The van der Waals surface area contributed by atoms with Gasteiger partial charge in [0, 0.05) is 0 Å². The number of rotatable bonds is 2. The topological polar surface area (TPSA) is 0 Å². The normalized spacial score (nSPS) is 13.1. The molecule has 0 aliphatic heterocycles. The van der Waals surface area contributed by atoms with E-state index in [1.165, 1.54) is 8.92 Å². The van der Waals surface area contributed by atoms with Gasteiger partial charge in [-0.2, -0.15) is 0 Å². The van der Waals surface area contributed by atoms with Gasteiger partial charge in [0.25, 0.3) is 0 Å². The molecule has 2 rings (SSSR count). The fraction of sp³-hybridized carbons (Fsp3) is 0. The van der Waals surface area contributed by atoms with Gasteiger partial charge in [-0.05, 0) is 0 Å². The van der Waals surface area contributed by atoms with Crippen LogP contribution in [0.5, 0.6) is 0 Å². The summed E-state index contributed by atoms with van der Waals surface area (Å²) >= 11 is 32.8. The van der Waals surface area contributed by atoms with Gasteiger partial charge in [-0.1, -0.05) is 0 Å². The molecule has 0 heterocycles. The molecule has 0 spiro atoms. The van der Waals surface area contributed by atoms with Gasteiger partial charge >= 0.3 is 190 Å². The van der Waals surface area contributed by atoms with Crippen molar-refractivity contribution in [2.45, 2.75) is 0 Å². The van der Waals surface area contributed by atoms with Crippen molar-refractivity contribution < 1.29 is 0 Å². The van der Waals surface area contributed by atoms with Crippen molar-refractivity contribution in [3.63, 3.8) is 0 Å². The van der Waals surface area contributed by atoms with Crippen LogP contribution in [0.1, 0.15) is 0 Å². The van der Waals surface area contributed by atoms with Crippen LogP contribution < -0.4 is 8.92 Å². The fourth-order valence-electron chi connectivity index (χ4n) is 1.18. The Morgan fingerprint density at radius 1 is 0.500 bits per heavy atom. The number of halogens is 8. The predicted octanol–water partition coefficient (Wildman–Crippen LogP) is 7.34. The second-order valence-corrected chi connectivity index (χ2v) is 67.4. The number of hydrogen-bond acceptors (Lipinski definition) is 0. The van der Waals surface area contributed by atoms with Gasteiger partial charge in [-0.15, -0.1) is 0 Å². The van der Waals surface area contributed by atoms with Crippen LogP contribution in [-0.2, 0) is 0 Å². The first kappa shape index (κ1) is 23.0. The Hall–Kier alpha value is 2.94. The molecule has 0 aliphatic rings. The van der Waals surface area contributed by atoms with E-state index >= 15 is 0 Å². The Bertz CT molecular complexity index is 537. The Morgan fingerprint density at radius 2 is 0.727 bits per heavy atom. The van der Waals surface area contributed by atoms with E-state index in [1.54, 1.807) is 0 Å². The van der Waals surface area contributed by atoms with E-state index < -0.39 is 14.8 Å². The van der Waals surface area contributed by atoms with E-state index in [-0.39, 0.29) is 0 Å². The molecule has 0 unspecified atom stereocenters. The monoisotopic (exact) mass is 855 g/mol. The molecule has 0 bridgehead atoms. The third-order valence-corrected chi connectivity index (χ3v) is 17.7. The van der Waals surface area contributed by atoms with E-state index in [2.05, 4.69) is 84.7 Å². The van der Waals surface area contributed by atoms with Crippen molar-refractivity contribution in [1.82, 2.24) is 0 Å². The number of hydrogen-bond donors (Lipinski definition) is 0. The molecule has 0 saturated carbocycles. The van der Waals surface area contributed by atoms with Crippen LogP contribution in [0.25, 0.3) is 0 Å². The summed E-state index contributed by atoms with van der Waals surface area (Å²) in [4.78, 5) is 0. The summed E-state index contributed by atoms with van der Waals surface area (Å²) in [6.07, 6.45) is 0. The molecule has 2 aromatic carbocycles. The summed E-state index contributed by atoms with van der Waals surface area (Å²) in [5.41, 5.74) is 0. The molecule has 0 aromatic heterocycles. The molecule has 124 valence electrons. The van der Waals surface area contributed by atoms with E-state index in [1.807, 2.05) is 48.5 Å². The fourth-order valence-corrected chi connectivity index (χ4v) is 10.0. The molecule has 0 saturated heterocycles. The summed E-state index contributed by atoms with van der Waals surface area (Å²) in [6.45, 7) is 0. The van der Waals surface area contributed by atoms with Gasteiger partial charge < -0.3 is 0 Å². The molecule has 0 amide bonds. The number of benzene rings is 2. The van der Waals surface area contributed by atoms with Crippen LogP contribution in [0.2, 0.25) is 10.0 Å². The van der Waals surface area contributed by atoms with Gasteiger partial charge in [0.1, 0.15) is 0 Å². The molecule has 0 N–H and O–H groups in total. The molecule has 2 aromatic rings. The molecule has 0 radical (unpaired) electrons. The van der Waals surface area contributed by atoms with Crippen molar-refractivity contribution in [2.24, 2.45) is 0 Å². The van der Waals surface area contributed by atoms with E-state index in [0.717, 1.165) is 10.0 Å². The molecule has 0 fully saturated rings. The third-order valence-electron chi connectivity index (χ3n) is 2.16. The first-order valence-corrected chi connectivity index (χ1v) is 31.9. The Morgan fingerprint density at radius 3 is 0.909 bits per heavy atom. The maximum absolute atomic E-state index is 5.73. The van der Waals surface area contributed by atoms with Gasteiger partial charge in [-0.25, -0.2) is 0 Å². The second kappa shape index (κ2) is 10.3. The van der Waals surface area contributed by atoms with Crippen LogP contribution in [-0.4, -0.2) is 14.8 Å². The van der Waals surface area contributed by atoms with E-state index in [9.17, 15) is 0 Å². The van der Waals surface area contributed by atoms with Gasteiger partial charge in [0.15, 0.2) is 0 Å². The molecule has 0 atom stereocenters.